The third-order valence-electron chi connectivity index (χ3n) is 3.11. The van der Waals surface area contributed by atoms with E-state index in [1.165, 1.54) is 0 Å². The highest BCUT2D eigenvalue weighted by molar-refractivity contribution is 6.30. The van der Waals surface area contributed by atoms with Gasteiger partial charge >= 0.3 is 0 Å². The van der Waals surface area contributed by atoms with Crippen molar-refractivity contribution in [1.29, 1.82) is 0 Å². The van der Waals surface area contributed by atoms with Crippen molar-refractivity contribution in [2.75, 3.05) is 13.2 Å². The van der Waals surface area contributed by atoms with Gasteiger partial charge in [0.25, 0.3) is 5.91 Å². The van der Waals surface area contributed by atoms with E-state index >= 15 is 0 Å². The lowest BCUT2D eigenvalue weighted by molar-refractivity contribution is -0.123. The van der Waals surface area contributed by atoms with E-state index in [-0.39, 0.29) is 24.0 Å². The molecule has 0 spiro atoms. The molecule has 0 heterocycles. The lowest BCUT2D eigenvalue weighted by atomic mass is 9.87. The number of hydrogen-bond donors (Lipinski definition) is 2. The molecular weight excluding hydrogens is 290 g/mol. The Morgan fingerprint density at radius 2 is 2.14 bits per heavy atom. The molecule has 2 N–H and O–H groups in total. The van der Waals surface area contributed by atoms with Gasteiger partial charge in [-0.05, 0) is 49.4 Å². The fourth-order valence-corrected chi connectivity index (χ4v) is 2.41. The molecule has 1 rings (SSSR count). The van der Waals surface area contributed by atoms with Crippen molar-refractivity contribution in [2.45, 2.75) is 40.2 Å². The normalized spacial score (nSPS) is 12.9. The summed E-state index contributed by atoms with van der Waals surface area (Å²) in [4.78, 5) is 11.8. The van der Waals surface area contributed by atoms with Gasteiger partial charge in [-0.2, -0.15) is 0 Å². The zero-order valence-corrected chi connectivity index (χ0v) is 13.8. The summed E-state index contributed by atoms with van der Waals surface area (Å²) in [5.74, 6) is 0.473. The molecule has 1 amide bonds. The van der Waals surface area contributed by atoms with Gasteiger partial charge in [-0.15, -0.1) is 0 Å². The minimum Gasteiger partial charge on any atom is -0.484 e. The summed E-state index contributed by atoms with van der Waals surface area (Å²) >= 11 is 5.87. The third kappa shape index (κ3) is 6.82. The summed E-state index contributed by atoms with van der Waals surface area (Å²) in [5, 5.41) is 12.9. The van der Waals surface area contributed by atoms with Crippen molar-refractivity contribution >= 4 is 17.5 Å². The standard InChI is InChI=1S/C16H24ClNO3/c1-11-7-13(17)5-6-14(11)21-9-15(20)18-10-16(3,4)8-12(2)19/h5-7,12,19H,8-10H2,1-4H3,(H,18,20). The zero-order valence-electron chi connectivity index (χ0n) is 13.1. The molecule has 1 aromatic rings. The number of carbonyl (C=O) groups excluding carboxylic acids is 1. The van der Waals surface area contributed by atoms with E-state index in [2.05, 4.69) is 5.32 Å². The highest BCUT2D eigenvalue weighted by Gasteiger charge is 2.21. The van der Waals surface area contributed by atoms with Gasteiger partial charge < -0.3 is 15.2 Å². The third-order valence-corrected chi connectivity index (χ3v) is 3.34. The van der Waals surface area contributed by atoms with E-state index < -0.39 is 0 Å². The SMILES string of the molecule is Cc1cc(Cl)ccc1OCC(=O)NCC(C)(C)CC(C)O. The molecule has 5 heteroatoms. The van der Waals surface area contributed by atoms with Gasteiger partial charge in [-0.3, -0.25) is 4.79 Å². The molecule has 0 bridgehead atoms. The van der Waals surface area contributed by atoms with Crippen LogP contribution in [0.5, 0.6) is 5.75 Å². The number of carbonyl (C=O) groups is 1. The van der Waals surface area contributed by atoms with Crippen molar-refractivity contribution in [3.63, 3.8) is 0 Å². The van der Waals surface area contributed by atoms with E-state index in [1.54, 1.807) is 25.1 Å². The van der Waals surface area contributed by atoms with Gasteiger partial charge in [-0.25, -0.2) is 0 Å². The number of ether oxygens (including phenoxy) is 1. The Kier molecular flexibility index (Phi) is 6.49. The molecule has 0 aliphatic heterocycles. The molecule has 0 aromatic heterocycles. The van der Waals surface area contributed by atoms with Gasteiger partial charge in [0.1, 0.15) is 5.75 Å². The van der Waals surface area contributed by atoms with Crippen LogP contribution in [0.4, 0.5) is 0 Å². The lowest BCUT2D eigenvalue weighted by Crippen LogP contribution is -2.38. The fourth-order valence-electron chi connectivity index (χ4n) is 2.18. The second-order valence-electron chi connectivity index (χ2n) is 6.19. The smallest absolute Gasteiger partial charge is 0.257 e. The lowest BCUT2D eigenvalue weighted by Gasteiger charge is -2.26. The van der Waals surface area contributed by atoms with Crippen LogP contribution >= 0.6 is 11.6 Å². The van der Waals surface area contributed by atoms with Crippen molar-refractivity contribution < 1.29 is 14.6 Å². The number of aliphatic hydroxyl groups excluding tert-OH is 1. The number of amides is 1. The van der Waals surface area contributed by atoms with Gasteiger partial charge in [0.05, 0.1) is 6.10 Å². The Hall–Kier alpha value is -1.26. The Balaban J connectivity index is 2.41. The maximum atomic E-state index is 11.8. The number of hydrogen-bond acceptors (Lipinski definition) is 3. The monoisotopic (exact) mass is 313 g/mol. The number of rotatable bonds is 7. The molecule has 0 saturated carbocycles. The first-order chi connectivity index (χ1) is 9.69. The maximum absolute atomic E-state index is 11.8. The van der Waals surface area contributed by atoms with Gasteiger partial charge in [0.2, 0.25) is 0 Å². The van der Waals surface area contributed by atoms with E-state index in [1.807, 2.05) is 20.8 Å². The average molecular weight is 314 g/mol. The van der Waals surface area contributed by atoms with E-state index in [0.717, 1.165) is 5.56 Å². The molecule has 21 heavy (non-hydrogen) atoms. The molecule has 1 atom stereocenters. The molecule has 0 saturated heterocycles. The highest BCUT2D eigenvalue weighted by Crippen LogP contribution is 2.22. The maximum Gasteiger partial charge on any atom is 0.257 e. The first-order valence-corrected chi connectivity index (χ1v) is 7.41. The predicted molar refractivity (Wildman–Crippen MR) is 84.8 cm³/mol. The fraction of sp³-hybridized carbons (Fsp3) is 0.562. The second kappa shape index (κ2) is 7.66. The van der Waals surface area contributed by atoms with Crippen molar-refractivity contribution in [3.05, 3.63) is 28.8 Å². The van der Waals surface area contributed by atoms with Crippen LogP contribution in [0.2, 0.25) is 5.02 Å². The summed E-state index contributed by atoms with van der Waals surface area (Å²) in [6, 6.07) is 5.27. The highest BCUT2D eigenvalue weighted by atomic mass is 35.5. The van der Waals surface area contributed by atoms with Crippen molar-refractivity contribution in [1.82, 2.24) is 5.32 Å². The summed E-state index contributed by atoms with van der Waals surface area (Å²) in [7, 11) is 0. The summed E-state index contributed by atoms with van der Waals surface area (Å²) < 4.78 is 5.48. The van der Waals surface area contributed by atoms with Crippen LogP contribution in [0.1, 0.15) is 32.8 Å². The number of halogens is 1. The molecule has 0 aliphatic carbocycles. The quantitative estimate of drug-likeness (QED) is 0.813. The molecule has 1 aromatic carbocycles. The van der Waals surface area contributed by atoms with Gasteiger partial charge in [0, 0.05) is 11.6 Å². The number of aliphatic hydroxyl groups is 1. The van der Waals surface area contributed by atoms with Crippen LogP contribution in [0.25, 0.3) is 0 Å². The van der Waals surface area contributed by atoms with Gasteiger partial charge in [-0.1, -0.05) is 25.4 Å². The molecule has 0 radical (unpaired) electrons. The van der Waals surface area contributed by atoms with Crippen LogP contribution < -0.4 is 10.1 Å². The summed E-state index contributed by atoms with van der Waals surface area (Å²) in [6.45, 7) is 8.10. The predicted octanol–water partition coefficient (Wildman–Crippen LogP) is 2.94. The summed E-state index contributed by atoms with van der Waals surface area (Å²) in [6.07, 6.45) is 0.245. The van der Waals surface area contributed by atoms with Crippen molar-refractivity contribution in [2.24, 2.45) is 5.41 Å². The number of aryl methyl sites for hydroxylation is 1. The van der Waals surface area contributed by atoms with Crippen LogP contribution in [0, 0.1) is 12.3 Å². The topological polar surface area (TPSA) is 58.6 Å². The Labute approximate surface area is 131 Å². The van der Waals surface area contributed by atoms with Crippen LogP contribution in [0.15, 0.2) is 18.2 Å². The Morgan fingerprint density at radius 3 is 2.71 bits per heavy atom. The molecule has 1 unspecified atom stereocenters. The Bertz CT molecular complexity index is 486. The average Bonchev–Trinajstić information content (AvgIpc) is 2.34. The Morgan fingerprint density at radius 1 is 1.48 bits per heavy atom. The van der Waals surface area contributed by atoms with E-state index in [0.29, 0.717) is 23.7 Å². The number of benzene rings is 1. The van der Waals surface area contributed by atoms with E-state index in [4.69, 9.17) is 16.3 Å². The van der Waals surface area contributed by atoms with Gasteiger partial charge in [0.15, 0.2) is 6.61 Å². The first kappa shape index (κ1) is 17.8. The molecular formula is C16H24ClNO3. The minimum atomic E-state index is -0.384. The van der Waals surface area contributed by atoms with Crippen LogP contribution in [0.3, 0.4) is 0 Å². The summed E-state index contributed by atoms with van der Waals surface area (Å²) in [5.41, 5.74) is 0.741. The molecule has 0 aliphatic rings. The number of nitrogens with one attached hydrogen (secondary N) is 1. The molecule has 4 nitrogen and oxygen atoms in total. The van der Waals surface area contributed by atoms with Crippen molar-refractivity contribution in [3.8, 4) is 5.75 Å². The first-order valence-electron chi connectivity index (χ1n) is 7.03. The van der Waals surface area contributed by atoms with Crippen LogP contribution in [-0.4, -0.2) is 30.3 Å². The largest absolute Gasteiger partial charge is 0.484 e. The van der Waals surface area contributed by atoms with Crippen LogP contribution in [-0.2, 0) is 4.79 Å². The second-order valence-corrected chi connectivity index (χ2v) is 6.63. The van der Waals surface area contributed by atoms with E-state index in [9.17, 15) is 9.90 Å². The zero-order chi connectivity index (χ0) is 16.0. The molecule has 118 valence electrons. The minimum absolute atomic E-state index is 0.0345. The molecule has 0 fully saturated rings.